The highest BCUT2D eigenvalue weighted by molar-refractivity contribution is 8.00. The number of amides is 1. The van der Waals surface area contributed by atoms with Gasteiger partial charge in [0.25, 0.3) is 0 Å². The number of thioether (sulfide) groups is 1. The molecule has 1 unspecified atom stereocenters. The van der Waals surface area contributed by atoms with Crippen molar-refractivity contribution >= 4 is 23.8 Å². The fraction of sp³-hybridized carbons (Fsp3) is 0.846. The third-order valence-electron chi connectivity index (χ3n) is 2.28. The lowest BCUT2D eigenvalue weighted by Gasteiger charge is -2.32. The van der Waals surface area contributed by atoms with Gasteiger partial charge in [0.1, 0.15) is 11.6 Å². The van der Waals surface area contributed by atoms with Crippen molar-refractivity contribution in [2.24, 2.45) is 0 Å². The number of carbonyl (C=O) groups excluding carboxylic acids is 1. The van der Waals surface area contributed by atoms with Gasteiger partial charge in [-0.05, 0) is 46.8 Å². The minimum atomic E-state index is -1.06. The van der Waals surface area contributed by atoms with Crippen LogP contribution in [0.3, 0.4) is 0 Å². The van der Waals surface area contributed by atoms with Gasteiger partial charge in [-0.2, -0.15) is 11.8 Å². The van der Waals surface area contributed by atoms with Crippen LogP contribution in [0.1, 0.15) is 48.0 Å². The van der Waals surface area contributed by atoms with Gasteiger partial charge in [0.05, 0.1) is 0 Å². The van der Waals surface area contributed by atoms with Gasteiger partial charge in [0.15, 0.2) is 0 Å². The average molecular weight is 291 g/mol. The largest absolute Gasteiger partial charge is 0.480 e. The lowest BCUT2D eigenvalue weighted by Crippen LogP contribution is -2.53. The van der Waals surface area contributed by atoms with Crippen molar-refractivity contribution in [3.05, 3.63) is 0 Å². The average Bonchev–Trinajstić information content (AvgIpc) is 2.20. The first-order valence-electron chi connectivity index (χ1n) is 6.36. The van der Waals surface area contributed by atoms with Gasteiger partial charge in [0.2, 0.25) is 0 Å². The number of carboxylic acid groups (broad SMARTS) is 1. The molecule has 0 aromatic heterocycles. The molecule has 112 valence electrons. The summed E-state index contributed by atoms with van der Waals surface area (Å²) in [6.45, 7) is 10.9. The predicted molar refractivity (Wildman–Crippen MR) is 77.6 cm³/mol. The third kappa shape index (κ3) is 7.30. The molecular formula is C13H25NO4S. The molecule has 0 aliphatic heterocycles. The van der Waals surface area contributed by atoms with Gasteiger partial charge in [-0.15, -0.1) is 0 Å². The molecule has 5 nitrogen and oxygen atoms in total. The Morgan fingerprint density at radius 1 is 1.26 bits per heavy atom. The van der Waals surface area contributed by atoms with Crippen molar-refractivity contribution in [3.8, 4) is 0 Å². The second kappa shape index (κ2) is 7.03. The number of carbonyl (C=O) groups is 2. The van der Waals surface area contributed by atoms with Crippen LogP contribution in [0.15, 0.2) is 0 Å². The quantitative estimate of drug-likeness (QED) is 0.787. The van der Waals surface area contributed by atoms with E-state index in [-0.39, 0.29) is 0 Å². The van der Waals surface area contributed by atoms with Crippen LogP contribution < -0.4 is 5.32 Å². The number of nitrogens with one attached hydrogen (secondary N) is 1. The van der Waals surface area contributed by atoms with Crippen LogP contribution in [0, 0.1) is 0 Å². The number of hydrogen-bond donors (Lipinski definition) is 2. The topological polar surface area (TPSA) is 75.6 Å². The molecule has 0 aliphatic rings. The molecule has 0 aromatic carbocycles. The lowest BCUT2D eigenvalue weighted by molar-refractivity contribution is -0.140. The van der Waals surface area contributed by atoms with E-state index >= 15 is 0 Å². The summed E-state index contributed by atoms with van der Waals surface area (Å²) in [6, 6.07) is -0.987. The van der Waals surface area contributed by atoms with E-state index in [4.69, 9.17) is 4.74 Å². The van der Waals surface area contributed by atoms with E-state index in [1.807, 2.05) is 20.8 Å². The van der Waals surface area contributed by atoms with Crippen LogP contribution in [0.5, 0.6) is 0 Å². The summed E-state index contributed by atoms with van der Waals surface area (Å²) in [4.78, 5) is 23.0. The Kier molecular flexibility index (Phi) is 6.69. The minimum absolute atomic E-state index is 0.598. The zero-order chi connectivity index (χ0) is 15.3. The molecule has 0 saturated carbocycles. The first kappa shape index (κ1) is 18.1. The fourth-order valence-corrected chi connectivity index (χ4v) is 2.46. The van der Waals surface area contributed by atoms with E-state index < -0.39 is 28.5 Å². The maximum atomic E-state index is 11.7. The van der Waals surface area contributed by atoms with Gasteiger partial charge in [-0.25, -0.2) is 9.59 Å². The number of carboxylic acids is 1. The first-order valence-corrected chi connectivity index (χ1v) is 7.34. The summed E-state index contributed by atoms with van der Waals surface area (Å²) in [6.07, 6.45) is 0.248. The number of rotatable bonds is 6. The number of hydrogen-bond acceptors (Lipinski definition) is 4. The molecule has 0 aliphatic carbocycles. The van der Waals surface area contributed by atoms with E-state index in [2.05, 4.69) is 5.32 Å². The monoisotopic (exact) mass is 291 g/mol. The normalized spacial score (nSPS) is 13.8. The van der Waals surface area contributed by atoms with Crippen molar-refractivity contribution in [1.29, 1.82) is 0 Å². The van der Waals surface area contributed by atoms with Gasteiger partial charge >= 0.3 is 12.1 Å². The minimum Gasteiger partial charge on any atom is -0.480 e. The predicted octanol–water partition coefficient (Wildman–Crippen LogP) is 2.89. The van der Waals surface area contributed by atoms with Crippen molar-refractivity contribution in [1.82, 2.24) is 5.32 Å². The zero-order valence-corrected chi connectivity index (χ0v) is 13.4. The van der Waals surface area contributed by atoms with Crippen LogP contribution in [0.25, 0.3) is 0 Å². The number of aliphatic carboxylic acids is 1. The molecule has 2 N–H and O–H groups in total. The van der Waals surface area contributed by atoms with Crippen LogP contribution in [-0.4, -0.2) is 39.3 Å². The summed E-state index contributed by atoms with van der Waals surface area (Å²) in [5, 5.41) is 11.7. The van der Waals surface area contributed by atoms with Crippen LogP contribution in [0.4, 0.5) is 4.79 Å². The van der Waals surface area contributed by atoms with E-state index in [9.17, 15) is 14.7 Å². The first-order chi connectivity index (χ1) is 8.49. The maximum Gasteiger partial charge on any atom is 0.408 e. The van der Waals surface area contributed by atoms with Crippen LogP contribution in [-0.2, 0) is 9.53 Å². The molecule has 0 spiro atoms. The van der Waals surface area contributed by atoms with Crippen molar-refractivity contribution in [3.63, 3.8) is 0 Å². The summed E-state index contributed by atoms with van der Waals surface area (Å²) in [5.41, 5.74) is -0.645. The summed E-state index contributed by atoms with van der Waals surface area (Å²) in [7, 11) is 0. The van der Waals surface area contributed by atoms with Crippen molar-refractivity contribution < 1.29 is 19.4 Å². The molecule has 19 heavy (non-hydrogen) atoms. The maximum absolute atomic E-state index is 11.7. The number of ether oxygens (including phenoxy) is 1. The molecule has 0 aromatic rings. The fourth-order valence-electron chi connectivity index (χ4n) is 1.41. The van der Waals surface area contributed by atoms with Gasteiger partial charge < -0.3 is 15.2 Å². The molecule has 0 bridgehead atoms. The van der Waals surface area contributed by atoms with E-state index in [1.54, 1.807) is 20.8 Å². The van der Waals surface area contributed by atoms with Crippen LogP contribution >= 0.6 is 11.8 Å². The molecule has 6 heteroatoms. The SMILES string of the molecule is CCCSC(C)(C)C(NC(=O)OC(C)(C)C)C(=O)O. The zero-order valence-electron chi connectivity index (χ0n) is 12.6. The summed E-state index contributed by atoms with van der Waals surface area (Å²) < 4.78 is 4.50. The van der Waals surface area contributed by atoms with E-state index in [0.717, 1.165) is 12.2 Å². The smallest absolute Gasteiger partial charge is 0.408 e. The molecule has 1 amide bonds. The van der Waals surface area contributed by atoms with E-state index in [1.165, 1.54) is 11.8 Å². The lowest BCUT2D eigenvalue weighted by atomic mass is 10.0. The molecule has 0 rings (SSSR count). The molecule has 1 atom stereocenters. The Bertz CT molecular complexity index is 323. The molecule has 0 fully saturated rings. The second-order valence-electron chi connectivity index (χ2n) is 5.87. The van der Waals surface area contributed by atoms with Gasteiger partial charge in [0, 0.05) is 4.75 Å². The Hall–Kier alpha value is -0.910. The van der Waals surface area contributed by atoms with E-state index in [0.29, 0.717) is 0 Å². The number of alkyl carbamates (subject to hydrolysis) is 1. The highest BCUT2D eigenvalue weighted by atomic mass is 32.2. The Morgan fingerprint density at radius 2 is 1.79 bits per heavy atom. The molecule has 0 heterocycles. The third-order valence-corrected chi connectivity index (χ3v) is 3.87. The van der Waals surface area contributed by atoms with Gasteiger partial charge in [-0.3, -0.25) is 0 Å². The second-order valence-corrected chi connectivity index (χ2v) is 7.62. The van der Waals surface area contributed by atoms with Crippen molar-refractivity contribution in [2.45, 2.75) is 64.4 Å². The highest BCUT2D eigenvalue weighted by Crippen LogP contribution is 2.29. The summed E-state index contributed by atoms with van der Waals surface area (Å²) >= 11 is 1.52. The Morgan fingerprint density at radius 3 is 2.16 bits per heavy atom. The Balaban J connectivity index is 4.75. The standard InChI is InChI=1S/C13H25NO4S/c1-7-8-19-13(5,6)9(10(15)16)14-11(17)18-12(2,3)4/h9H,7-8H2,1-6H3,(H,14,17)(H,15,16). The molecular weight excluding hydrogens is 266 g/mol. The molecule has 0 saturated heterocycles. The Labute approximate surface area is 119 Å². The highest BCUT2D eigenvalue weighted by Gasteiger charge is 2.37. The van der Waals surface area contributed by atoms with Gasteiger partial charge in [-0.1, -0.05) is 6.92 Å². The summed E-state index contributed by atoms with van der Waals surface area (Å²) in [5.74, 6) is -0.216. The molecule has 0 radical (unpaired) electrons. The van der Waals surface area contributed by atoms with Crippen LogP contribution in [0.2, 0.25) is 0 Å². The van der Waals surface area contributed by atoms with Crippen molar-refractivity contribution in [2.75, 3.05) is 5.75 Å².